The quantitative estimate of drug-likeness (QED) is 0.862. The van der Waals surface area contributed by atoms with Gasteiger partial charge in [-0.05, 0) is 49.9 Å². The van der Waals surface area contributed by atoms with Gasteiger partial charge in [-0.15, -0.1) is 0 Å². The Morgan fingerprint density at radius 3 is 1.25 bits per heavy atom. The van der Waals surface area contributed by atoms with Crippen molar-refractivity contribution in [2.24, 2.45) is 0 Å². The number of hydrogen-bond acceptors (Lipinski definition) is 2. The average molecular weight is 324 g/mol. The molecule has 2 N–H and O–H groups in total. The summed E-state index contributed by atoms with van der Waals surface area (Å²) in [6, 6.07) is 11.7. The molecule has 126 valence electrons. The number of amides is 2. The summed E-state index contributed by atoms with van der Waals surface area (Å²) >= 11 is 0. The Balaban J connectivity index is 1.91. The van der Waals surface area contributed by atoms with Crippen LogP contribution in [0.5, 0.6) is 0 Å². The van der Waals surface area contributed by atoms with E-state index in [9.17, 15) is 9.59 Å². The molecule has 0 fully saturated rings. The third-order valence-corrected chi connectivity index (χ3v) is 4.07. The van der Waals surface area contributed by atoms with Gasteiger partial charge in [-0.1, -0.05) is 36.4 Å². The van der Waals surface area contributed by atoms with E-state index < -0.39 is 0 Å². The second kappa shape index (κ2) is 7.77. The van der Waals surface area contributed by atoms with Crippen molar-refractivity contribution in [3.05, 3.63) is 58.7 Å². The van der Waals surface area contributed by atoms with E-state index in [1.54, 1.807) is 0 Å². The van der Waals surface area contributed by atoms with Crippen molar-refractivity contribution in [3.8, 4) is 0 Å². The zero-order chi connectivity index (χ0) is 17.7. The smallest absolute Gasteiger partial charge is 0.224 e. The Hall–Kier alpha value is -2.62. The molecule has 0 aromatic heterocycles. The van der Waals surface area contributed by atoms with Gasteiger partial charge in [0.05, 0.1) is 0 Å². The van der Waals surface area contributed by atoms with Crippen molar-refractivity contribution in [1.82, 2.24) is 0 Å². The molecular weight excluding hydrogens is 300 g/mol. The van der Waals surface area contributed by atoms with Crippen LogP contribution in [0.2, 0.25) is 0 Å². The number of rotatable bonds is 5. The van der Waals surface area contributed by atoms with Crippen LogP contribution in [-0.4, -0.2) is 11.8 Å². The molecule has 0 unspecified atom stereocenters. The first-order valence-electron chi connectivity index (χ1n) is 8.10. The minimum Gasteiger partial charge on any atom is -0.326 e. The summed E-state index contributed by atoms with van der Waals surface area (Å²) in [7, 11) is 0. The Bertz CT molecular complexity index is 660. The van der Waals surface area contributed by atoms with Crippen molar-refractivity contribution in [2.45, 2.75) is 40.5 Å². The first-order valence-corrected chi connectivity index (χ1v) is 8.10. The van der Waals surface area contributed by atoms with Crippen molar-refractivity contribution in [1.29, 1.82) is 0 Å². The van der Waals surface area contributed by atoms with Crippen molar-refractivity contribution in [2.75, 3.05) is 10.6 Å². The van der Waals surface area contributed by atoms with E-state index in [1.165, 1.54) is 0 Å². The lowest BCUT2D eigenvalue weighted by molar-refractivity contribution is -0.121. The molecule has 2 aromatic carbocycles. The van der Waals surface area contributed by atoms with Crippen LogP contribution in [0, 0.1) is 27.7 Å². The number of anilines is 2. The Morgan fingerprint density at radius 2 is 0.958 bits per heavy atom. The molecule has 0 aliphatic heterocycles. The molecule has 0 aliphatic rings. The zero-order valence-corrected chi connectivity index (χ0v) is 14.7. The van der Waals surface area contributed by atoms with Crippen LogP contribution >= 0.6 is 0 Å². The molecule has 24 heavy (non-hydrogen) atoms. The number of para-hydroxylation sites is 2. The summed E-state index contributed by atoms with van der Waals surface area (Å²) in [5.74, 6) is -0.298. The van der Waals surface area contributed by atoms with E-state index in [0.29, 0.717) is 0 Å². The summed E-state index contributed by atoms with van der Waals surface area (Å²) in [6.07, 6.45) is 0.315. The summed E-state index contributed by atoms with van der Waals surface area (Å²) in [6.45, 7) is 7.82. The minimum absolute atomic E-state index is 0.149. The van der Waals surface area contributed by atoms with Crippen LogP contribution in [0.15, 0.2) is 36.4 Å². The molecule has 2 rings (SSSR count). The van der Waals surface area contributed by atoms with Gasteiger partial charge in [0.25, 0.3) is 0 Å². The van der Waals surface area contributed by atoms with Gasteiger partial charge in [0.15, 0.2) is 0 Å². The Labute approximate surface area is 143 Å². The topological polar surface area (TPSA) is 58.2 Å². The van der Waals surface area contributed by atoms with Gasteiger partial charge in [-0.3, -0.25) is 9.59 Å². The van der Waals surface area contributed by atoms with Crippen molar-refractivity contribution >= 4 is 23.2 Å². The zero-order valence-electron chi connectivity index (χ0n) is 14.7. The largest absolute Gasteiger partial charge is 0.326 e. The maximum absolute atomic E-state index is 12.1. The van der Waals surface area contributed by atoms with Crippen LogP contribution in [-0.2, 0) is 9.59 Å². The van der Waals surface area contributed by atoms with E-state index >= 15 is 0 Å². The molecule has 2 aromatic rings. The summed E-state index contributed by atoms with van der Waals surface area (Å²) in [4.78, 5) is 24.2. The first kappa shape index (κ1) is 17.7. The van der Waals surface area contributed by atoms with Crippen molar-refractivity contribution < 1.29 is 9.59 Å². The summed E-state index contributed by atoms with van der Waals surface area (Å²) in [5.41, 5.74) is 5.73. The number of hydrogen-bond donors (Lipinski definition) is 2. The van der Waals surface area contributed by atoms with Gasteiger partial charge in [0.2, 0.25) is 11.8 Å². The van der Waals surface area contributed by atoms with E-state index in [4.69, 9.17) is 0 Å². The fraction of sp³-hybridized carbons (Fsp3) is 0.300. The van der Waals surface area contributed by atoms with Crippen LogP contribution < -0.4 is 10.6 Å². The lowest BCUT2D eigenvalue weighted by Crippen LogP contribution is -2.18. The number of carbonyl (C=O) groups is 2. The molecule has 0 aliphatic carbocycles. The fourth-order valence-corrected chi connectivity index (χ4v) is 2.65. The predicted octanol–water partition coefficient (Wildman–Crippen LogP) is 4.28. The van der Waals surface area contributed by atoms with Gasteiger partial charge in [0.1, 0.15) is 0 Å². The van der Waals surface area contributed by atoms with Gasteiger partial charge >= 0.3 is 0 Å². The summed E-state index contributed by atoms with van der Waals surface area (Å²) < 4.78 is 0. The molecule has 2 amide bonds. The van der Waals surface area contributed by atoms with E-state index in [1.807, 2.05) is 64.1 Å². The molecule has 0 saturated carbocycles. The highest BCUT2D eigenvalue weighted by Gasteiger charge is 2.11. The SMILES string of the molecule is Cc1cccc(C)c1NC(=O)CCC(=O)Nc1c(C)cccc1C. The molecule has 0 spiro atoms. The van der Waals surface area contributed by atoms with Crippen LogP contribution in [0.3, 0.4) is 0 Å². The second-order valence-corrected chi connectivity index (χ2v) is 6.13. The van der Waals surface area contributed by atoms with Gasteiger partial charge < -0.3 is 10.6 Å². The average Bonchev–Trinajstić information content (AvgIpc) is 2.53. The van der Waals surface area contributed by atoms with Gasteiger partial charge in [0, 0.05) is 24.2 Å². The van der Waals surface area contributed by atoms with Crippen LogP contribution in [0.4, 0.5) is 11.4 Å². The van der Waals surface area contributed by atoms with Crippen molar-refractivity contribution in [3.63, 3.8) is 0 Å². The minimum atomic E-state index is -0.149. The number of aryl methyl sites for hydroxylation is 4. The molecule has 0 atom stereocenters. The molecule has 4 nitrogen and oxygen atoms in total. The first-order chi connectivity index (χ1) is 11.4. The number of benzene rings is 2. The molecule has 0 radical (unpaired) electrons. The van der Waals surface area contributed by atoms with Gasteiger partial charge in [-0.25, -0.2) is 0 Å². The maximum atomic E-state index is 12.1. The number of nitrogens with one attached hydrogen (secondary N) is 2. The standard InChI is InChI=1S/C20H24N2O2/c1-13-7-5-8-14(2)19(13)21-17(23)11-12-18(24)22-20-15(3)9-6-10-16(20)4/h5-10H,11-12H2,1-4H3,(H,21,23)(H,22,24). The molecular formula is C20H24N2O2. The molecule has 0 bridgehead atoms. The summed E-state index contributed by atoms with van der Waals surface area (Å²) in [5, 5.41) is 5.80. The third-order valence-electron chi connectivity index (χ3n) is 4.07. The van der Waals surface area contributed by atoms with Gasteiger partial charge in [-0.2, -0.15) is 0 Å². The predicted molar refractivity (Wildman–Crippen MR) is 98.3 cm³/mol. The lowest BCUT2D eigenvalue weighted by Gasteiger charge is -2.13. The highest BCUT2D eigenvalue weighted by atomic mass is 16.2. The molecule has 4 heteroatoms. The fourth-order valence-electron chi connectivity index (χ4n) is 2.65. The Kier molecular flexibility index (Phi) is 5.74. The van der Waals surface area contributed by atoms with E-state index in [2.05, 4.69) is 10.6 Å². The normalized spacial score (nSPS) is 10.3. The van der Waals surface area contributed by atoms with Crippen LogP contribution in [0.1, 0.15) is 35.1 Å². The second-order valence-electron chi connectivity index (χ2n) is 6.13. The van der Waals surface area contributed by atoms with Crippen LogP contribution in [0.25, 0.3) is 0 Å². The lowest BCUT2D eigenvalue weighted by atomic mass is 10.1. The highest BCUT2D eigenvalue weighted by molar-refractivity contribution is 5.98. The molecule has 0 heterocycles. The molecule has 0 saturated heterocycles. The third kappa shape index (κ3) is 4.44. The maximum Gasteiger partial charge on any atom is 0.224 e. The van der Waals surface area contributed by atoms with E-state index in [0.717, 1.165) is 33.6 Å². The Morgan fingerprint density at radius 1 is 0.667 bits per heavy atom. The van der Waals surface area contributed by atoms with E-state index in [-0.39, 0.29) is 24.7 Å². The highest BCUT2D eigenvalue weighted by Crippen LogP contribution is 2.21. The number of carbonyl (C=O) groups excluding carboxylic acids is 2. The monoisotopic (exact) mass is 324 g/mol.